The Morgan fingerprint density at radius 3 is 2.89 bits per heavy atom. The first-order valence-corrected chi connectivity index (χ1v) is 6.89. The van der Waals surface area contributed by atoms with Gasteiger partial charge in [-0.1, -0.05) is 0 Å². The van der Waals surface area contributed by atoms with Crippen molar-refractivity contribution in [3.05, 3.63) is 27.6 Å². The van der Waals surface area contributed by atoms with E-state index in [1.807, 2.05) is 12.3 Å². The normalized spacial score (nSPS) is 12.2. The van der Waals surface area contributed by atoms with E-state index < -0.39 is 5.51 Å². The van der Waals surface area contributed by atoms with Gasteiger partial charge in [-0.3, -0.25) is 9.36 Å². The summed E-state index contributed by atoms with van der Waals surface area (Å²) in [5.74, 6) is -0.194. The average molecular weight is 294 g/mol. The molecule has 2 aromatic rings. The first-order chi connectivity index (χ1) is 8.38. The van der Waals surface area contributed by atoms with Crippen LogP contribution >= 0.6 is 23.1 Å². The molecule has 0 spiro atoms. The maximum Gasteiger partial charge on any atom is 0.441 e. The van der Waals surface area contributed by atoms with Crippen LogP contribution < -0.4 is 5.56 Å². The lowest BCUT2D eigenvalue weighted by molar-refractivity contribution is -0.0328. The molecular formula is C10H9F3N2OS2. The summed E-state index contributed by atoms with van der Waals surface area (Å²) in [7, 11) is 0. The molecule has 0 aliphatic heterocycles. The SMILES string of the molecule is Cc1csc2c(=O)n(CCSC(F)(F)F)cnc12. The molecule has 0 amide bonds. The van der Waals surface area contributed by atoms with E-state index in [-0.39, 0.29) is 29.6 Å². The third kappa shape index (κ3) is 2.86. The van der Waals surface area contributed by atoms with Crippen LogP contribution in [0.3, 0.4) is 0 Å². The molecular weight excluding hydrogens is 285 g/mol. The molecule has 0 aliphatic rings. The fraction of sp³-hybridized carbons (Fsp3) is 0.400. The van der Waals surface area contributed by atoms with Crippen LogP contribution in [0.15, 0.2) is 16.5 Å². The topological polar surface area (TPSA) is 34.9 Å². The number of rotatable bonds is 3. The van der Waals surface area contributed by atoms with E-state index in [0.29, 0.717) is 10.2 Å². The average Bonchev–Trinajstić information content (AvgIpc) is 2.63. The van der Waals surface area contributed by atoms with Gasteiger partial charge in [-0.25, -0.2) is 4.98 Å². The number of hydrogen-bond acceptors (Lipinski definition) is 4. The molecule has 8 heteroatoms. The number of fused-ring (bicyclic) bond motifs is 1. The molecule has 0 bridgehead atoms. The molecule has 0 radical (unpaired) electrons. The summed E-state index contributed by atoms with van der Waals surface area (Å²) >= 11 is 1.13. The van der Waals surface area contributed by atoms with E-state index >= 15 is 0 Å². The van der Waals surface area contributed by atoms with Crippen LogP contribution in [0, 0.1) is 6.92 Å². The van der Waals surface area contributed by atoms with E-state index in [2.05, 4.69) is 4.98 Å². The first kappa shape index (κ1) is 13.4. The minimum Gasteiger partial charge on any atom is -0.297 e. The van der Waals surface area contributed by atoms with Crippen LogP contribution in [0.2, 0.25) is 0 Å². The molecule has 2 rings (SSSR count). The lowest BCUT2D eigenvalue weighted by Gasteiger charge is -2.07. The summed E-state index contributed by atoms with van der Waals surface area (Å²) in [5.41, 5.74) is -3.00. The van der Waals surface area contributed by atoms with Crippen molar-refractivity contribution in [1.29, 1.82) is 0 Å². The maximum atomic E-state index is 12.0. The highest BCUT2D eigenvalue weighted by atomic mass is 32.2. The van der Waals surface area contributed by atoms with Gasteiger partial charge >= 0.3 is 5.51 Å². The Balaban J connectivity index is 2.20. The molecule has 0 atom stereocenters. The molecule has 0 aliphatic carbocycles. The van der Waals surface area contributed by atoms with Gasteiger partial charge in [0.05, 0.1) is 11.8 Å². The van der Waals surface area contributed by atoms with E-state index in [1.165, 1.54) is 22.2 Å². The lowest BCUT2D eigenvalue weighted by Crippen LogP contribution is -2.21. The minimum atomic E-state index is -4.26. The molecule has 0 saturated carbocycles. The van der Waals surface area contributed by atoms with E-state index in [0.717, 1.165) is 5.56 Å². The van der Waals surface area contributed by atoms with Crippen molar-refractivity contribution in [3.63, 3.8) is 0 Å². The number of halogens is 3. The monoisotopic (exact) mass is 294 g/mol. The molecule has 2 aromatic heterocycles. The second kappa shape index (κ2) is 4.93. The molecule has 0 N–H and O–H groups in total. The van der Waals surface area contributed by atoms with Crippen molar-refractivity contribution in [1.82, 2.24) is 9.55 Å². The fourth-order valence-corrected chi connectivity index (χ4v) is 2.95. The molecule has 18 heavy (non-hydrogen) atoms. The summed E-state index contributed by atoms with van der Waals surface area (Å²) in [6.45, 7) is 1.85. The molecule has 0 fully saturated rings. The van der Waals surface area contributed by atoms with Crippen molar-refractivity contribution < 1.29 is 13.2 Å². The van der Waals surface area contributed by atoms with E-state index in [9.17, 15) is 18.0 Å². The second-order valence-corrected chi connectivity index (χ2v) is 5.67. The number of aromatic nitrogens is 2. The molecule has 0 saturated heterocycles. The van der Waals surface area contributed by atoms with Crippen LogP contribution in [-0.4, -0.2) is 20.8 Å². The van der Waals surface area contributed by atoms with Gasteiger partial charge in [0.2, 0.25) is 0 Å². The number of thioether (sulfide) groups is 1. The summed E-state index contributed by atoms with van der Waals surface area (Å²) in [4.78, 5) is 16.0. The van der Waals surface area contributed by atoms with E-state index in [1.54, 1.807) is 0 Å². The lowest BCUT2D eigenvalue weighted by atomic mass is 10.3. The Bertz CT molecular complexity index is 618. The van der Waals surface area contributed by atoms with Gasteiger partial charge in [0.25, 0.3) is 5.56 Å². The number of thiophene rings is 1. The van der Waals surface area contributed by atoms with Crippen LogP contribution in [0.25, 0.3) is 10.2 Å². The number of nitrogens with zero attached hydrogens (tertiary/aromatic N) is 2. The number of alkyl halides is 3. The molecule has 3 nitrogen and oxygen atoms in total. The summed E-state index contributed by atoms with van der Waals surface area (Å²) in [6, 6.07) is 0. The molecule has 0 aromatic carbocycles. The van der Waals surface area contributed by atoms with Crippen molar-refractivity contribution in [3.8, 4) is 0 Å². The Kier molecular flexibility index (Phi) is 3.67. The highest BCUT2D eigenvalue weighted by Gasteiger charge is 2.27. The first-order valence-electron chi connectivity index (χ1n) is 5.02. The summed E-state index contributed by atoms with van der Waals surface area (Å²) in [6.07, 6.45) is 1.31. The smallest absolute Gasteiger partial charge is 0.297 e. The van der Waals surface area contributed by atoms with Crippen molar-refractivity contribution >= 4 is 33.3 Å². The predicted octanol–water partition coefficient (Wildman–Crippen LogP) is 3.02. The predicted molar refractivity (Wildman–Crippen MR) is 67.1 cm³/mol. The second-order valence-electron chi connectivity index (χ2n) is 3.63. The van der Waals surface area contributed by atoms with Gasteiger partial charge in [0.15, 0.2) is 0 Å². The highest BCUT2D eigenvalue weighted by Crippen LogP contribution is 2.29. The third-order valence-electron chi connectivity index (χ3n) is 2.32. The van der Waals surface area contributed by atoms with E-state index in [4.69, 9.17) is 0 Å². The summed E-state index contributed by atoms with van der Waals surface area (Å²) in [5, 5.41) is 1.81. The Morgan fingerprint density at radius 2 is 2.22 bits per heavy atom. The number of aryl methyl sites for hydroxylation is 2. The van der Waals surface area contributed by atoms with Gasteiger partial charge in [0, 0.05) is 12.3 Å². The maximum absolute atomic E-state index is 12.0. The largest absolute Gasteiger partial charge is 0.441 e. The zero-order valence-electron chi connectivity index (χ0n) is 9.32. The zero-order chi connectivity index (χ0) is 13.3. The van der Waals surface area contributed by atoms with Gasteiger partial charge in [-0.05, 0) is 29.6 Å². The Morgan fingerprint density at radius 1 is 1.50 bits per heavy atom. The molecule has 0 unspecified atom stereocenters. The Hall–Kier alpha value is -1.02. The summed E-state index contributed by atoms with van der Waals surface area (Å²) < 4.78 is 37.6. The van der Waals surface area contributed by atoms with Crippen molar-refractivity contribution in [2.24, 2.45) is 0 Å². The van der Waals surface area contributed by atoms with Crippen LogP contribution in [0.4, 0.5) is 13.2 Å². The quantitative estimate of drug-likeness (QED) is 0.873. The third-order valence-corrected chi connectivity index (χ3v) is 4.11. The molecule has 2 heterocycles. The minimum absolute atomic E-state index is 0.00287. The van der Waals surface area contributed by atoms with Gasteiger partial charge in [0.1, 0.15) is 4.70 Å². The van der Waals surface area contributed by atoms with Gasteiger partial charge in [-0.2, -0.15) is 13.2 Å². The molecule has 98 valence electrons. The fourth-order valence-electron chi connectivity index (χ4n) is 1.48. The van der Waals surface area contributed by atoms with Gasteiger partial charge < -0.3 is 0 Å². The standard InChI is InChI=1S/C10H9F3N2OS2/c1-6-4-17-8-7(6)14-5-15(9(8)16)2-3-18-10(11,12)13/h4-5H,2-3H2,1H3. The van der Waals surface area contributed by atoms with Gasteiger partial charge in [-0.15, -0.1) is 11.3 Å². The Labute approximate surface area is 109 Å². The highest BCUT2D eigenvalue weighted by molar-refractivity contribution is 8.00. The van der Waals surface area contributed by atoms with Crippen molar-refractivity contribution in [2.45, 2.75) is 19.0 Å². The van der Waals surface area contributed by atoms with Crippen LogP contribution in [-0.2, 0) is 6.54 Å². The van der Waals surface area contributed by atoms with Crippen LogP contribution in [0.5, 0.6) is 0 Å². The van der Waals surface area contributed by atoms with Crippen LogP contribution in [0.1, 0.15) is 5.56 Å². The number of hydrogen-bond donors (Lipinski definition) is 0. The zero-order valence-corrected chi connectivity index (χ0v) is 11.0. The van der Waals surface area contributed by atoms with Crippen molar-refractivity contribution in [2.75, 3.05) is 5.75 Å².